The highest BCUT2D eigenvalue weighted by molar-refractivity contribution is 5.81. The van der Waals surface area contributed by atoms with Crippen LogP contribution in [-0.4, -0.2) is 34.9 Å². The number of carbonyl (C=O) groups is 1. The average Bonchev–Trinajstić information content (AvgIpc) is 2.87. The number of unbranched alkanes of at least 4 members (excludes halogenated alkanes) is 8. The van der Waals surface area contributed by atoms with Crippen LogP contribution in [0.5, 0.6) is 0 Å². The topological polar surface area (TPSA) is 97.2 Å². The molecule has 2 aromatic rings. The Labute approximate surface area is 229 Å². The first-order chi connectivity index (χ1) is 16.8. The molecule has 4 N–H and O–H groups in total. The smallest absolute Gasteiger partial charge is 0.154 e. The van der Waals surface area contributed by atoms with Crippen molar-refractivity contribution < 1.29 is 42.4 Å². The van der Waals surface area contributed by atoms with Crippen LogP contribution in [0, 0.1) is 0 Å². The van der Waals surface area contributed by atoms with E-state index in [1.54, 1.807) is 60.7 Å². The van der Waals surface area contributed by atoms with E-state index in [1.807, 2.05) is 0 Å². The summed E-state index contributed by atoms with van der Waals surface area (Å²) < 4.78 is 0. The number of quaternary nitrogens is 1. The molecule has 5 nitrogen and oxygen atoms in total. The van der Waals surface area contributed by atoms with Crippen LogP contribution < -0.4 is 27.4 Å². The Morgan fingerprint density at radius 2 is 1.22 bits per heavy atom. The third kappa shape index (κ3) is 13.0. The van der Waals surface area contributed by atoms with E-state index in [0.29, 0.717) is 12.1 Å². The van der Waals surface area contributed by atoms with E-state index < -0.39 is 11.6 Å². The van der Waals surface area contributed by atoms with Crippen LogP contribution >= 0.6 is 0 Å². The third-order valence-electron chi connectivity index (χ3n) is 6.43. The normalized spacial score (nSPS) is 11.2. The number of hydrogen-bond acceptors (Lipinski definition) is 4. The summed E-state index contributed by atoms with van der Waals surface area (Å²) in [7, 11) is 0. The standard InChI is InChI=1S/C16H35NO.C14H12O3.BrH/c1-4-5-6-7-8-9-10-11-12-13-16(2,3)17-14-15-18;15-13(16)14(17,11-7-3-1-4-8-11)12-9-5-2-6-10-12;/h17-18H,4-15H2,1-3H3;1-10,17H,(H,15,16);1H/p-1. The summed E-state index contributed by atoms with van der Waals surface area (Å²) >= 11 is 0. The molecule has 0 aliphatic rings. The summed E-state index contributed by atoms with van der Waals surface area (Å²) in [5.74, 6) is -1.53. The van der Waals surface area contributed by atoms with E-state index in [0.717, 1.165) is 6.54 Å². The maximum absolute atomic E-state index is 11.3. The van der Waals surface area contributed by atoms with Crippen LogP contribution in [0.3, 0.4) is 0 Å². The van der Waals surface area contributed by atoms with Gasteiger partial charge in [0.2, 0.25) is 0 Å². The number of aliphatic hydroxyl groups is 2. The molecule has 204 valence electrons. The zero-order valence-electron chi connectivity index (χ0n) is 22.4. The molecule has 0 radical (unpaired) electrons. The molecule has 0 unspecified atom stereocenters. The molecule has 36 heavy (non-hydrogen) atoms. The number of benzene rings is 2. The number of hydrogen-bond donors (Lipinski definition) is 3. The van der Waals surface area contributed by atoms with Crippen LogP contribution in [0.1, 0.15) is 96.1 Å². The molecule has 0 amide bonds. The fraction of sp³-hybridized carbons (Fsp3) is 0.567. The van der Waals surface area contributed by atoms with Crippen molar-refractivity contribution in [2.24, 2.45) is 0 Å². The van der Waals surface area contributed by atoms with Crippen LogP contribution in [0.25, 0.3) is 0 Å². The molecule has 0 saturated carbocycles. The van der Waals surface area contributed by atoms with Gasteiger partial charge in [-0.2, -0.15) is 0 Å². The van der Waals surface area contributed by atoms with E-state index in [-0.39, 0.29) is 28.1 Å². The van der Waals surface area contributed by atoms with Crippen molar-refractivity contribution in [1.29, 1.82) is 0 Å². The molecular weight excluding hydrogens is 518 g/mol. The quantitative estimate of drug-likeness (QED) is 0.264. The van der Waals surface area contributed by atoms with Crippen LogP contribution in [0.4, 0.5) is 0 Å². The van der Waals surface area contributed by atoms with Crippen molar-refractivity contribution >= 4 is 5.97 Å². The highest BCUT2D eigenvalue weighted by Gasteiger charge is 2.32. The van der Waals surface area contributed by atoms with Gasteiger partial charge in [-0.15, -0.1) is 0 Å². The molecule has 0 aliphatic carbocycles. The largest absolute Gasteiger partial charge is 1.00 e. The number of carboxylic acids is 1. The van der Waals surface area contributed by atoms with Crippen molar-refractivity contribution in [3.8, 4) is 0 Å². The maximum atomic E-state index is 11.3. The Kier molecular flexibility index (Phi) is 18.5. The molecule has 0 atom stereocenters. The second kappa shape index (κ2) is 19.4. The highest BCUT2D eigenvalue weighted by Crippen LogP contribution is 2.28. The number of rotatable bonds is 16. The lowest BCUT2D eigenvalue weighted by Gasteiger charge is -2.30. The number of aliphatic carboxylic acids is 1. The molecule has 0 heterocycles. The Hall–Kier alpha value is -1.73. The summed E-state index contributed by atoms with van der Waals surface area (Å²) in [4.78, 5) is 11.3. The number of carbonyl (C=O) groups excluding carboxylic acids is 1. The van der Waals surface area contributed by atoms with E-state index in [2.05, 4.69) is 26.1 Å². The van der Waals surface area contributed by atoms with Crippen LogP contribution in [-0.2, 0) is 10.4 Å². The fourth-order valence-electron chi connectivity index (χ4n) is 4.21. The molecule has 0 fully saturated rings. The summed E-state index contributed by atoms with van der Waals surface area (Å²) in [6, 6.07) is 16.4. The lowest BCUT2D eigenvalue weighted by atomic mass is 9.86. The van der Waals surface area contributed by atoms with Crippen molar-refractivity contribution in [2.75, 3.05) is 13.2 Å². The van der Waals surface area contributed by atoms with Crippen molar-refractivity contribution in [3.63, 3.8) is 0 Å². The van der Waals surface area contributed by atoms with Crippen LogP contribution in [0.15, 0.2) is 60.7 Å². The Morgan fingerprint density at radius 1 is 0.806 bits per heavy atom. The predicted molar refractivity (Wildman–Crippen MR) is 141 cm³/mol. The summed E-state index contributed by atoms with van der Waals surface area (Å²) in [6.07, 6.45) is 13.9. The minimum absolute atomic E-state index is 0. The van der Waals surface area contributed by atoms with Gasteiger partial charge in [-0.1, -0.05) is 119 Å². The van der Waals surface area contributed by atoms with Gasteiger partial charge in [0.1, 0.15) is 0 Å². The van der Waals surface area contributed by atoms with Gasteiger partial charge < -0.3 is 42.4 Å². The van der Waals surface area contributed by atoms with Gasteiger partial charge in [-0.25, -0.2) is 0 Å². The highest BCUT2D eigenvalue weighted by atomic mass is 79.9. The van der Waals surface area contributed by atoms with Gasteiger partial charge >= 0.3 is 0 Å². The molecule has 0 aromatic heterocycles. The molecule has 0 aliphatic heterocycles. The Bertz CT molecular complexity index is 760. The Morgan fingerprint density at radius 3 is 1.61 bits per heavy atom. The molecule has 6 heteroatoms. The minimum atomic E-state index is -2.11. The van der Waals surface area contributed by atoms with Crippen LogP contribution in [0.2, 0.25) is 0 Å². The Balaban J connectivity index is 0.000000662. The van der Waals surface area contributed by atoms with Crippen molar-refractivity contribution in [2.45, 2.75) is 96.1 Å². The minimum Gasteiger partial charge on any atom is -1.00 e. The first kappa shape index (κ1) is 34.3. The lowest BCUT2D eigenvalue weighted by Crippen LogP contribution is -3.00. The summed E-state index contributed by atoms with van der Waals surface area (Å²) in [5, 5.41) is 32.7. The molecular formula is C30H47BrNO4-. The molecule has 2 rings (SSSR count). The first-order valence-electron chi connectivity index (χ1n) is 13.3. The lowest BCUT2D eigenvalue weighted by molar-refractivity contribution is -0.722. The monoisotopic (exact) mass is 564 g/mol. The molecule has 2 aromatic carbocycles. The molecule has 0 saturated heterocycles. The van der Waals surface area contributed by atoms with E-state index >= 15 is 0 Å². The SMILES string of the molecule is CCCCCCCCCCCC(C)(C)[NH2+]CCO.O=C([O-])C(O)(c1ccccc1)c1ccccc1.[Br-]. The summed E-state index contributed by atoms with van der Waals surface area (Å²) in [6.45, 7) is 7.97. The maximum Gasteiger partial charge on any atom is 0.154 e. The first-order valence-corrected chi connectivity index (χ1v) is 13.3. The van der Waals surface area contributed by atoms with Gasteiger partial charge in [0.15, 0.2) is 5.60 Å². The number of carboxylic acid groups (broad SMARTS) is 1. The van der Waals surface area contributed by atoms with Gasteiger partial charge in [-0.3, -0.25) is 0 Å². The zero-order valence-corrected chi connectivity index (χ0v) is 24.0. The predicted octanol–water partition coefficient (Wildman–Crippen LogP) is 0.918. The van der Waals surface area contributed by atoms with Gasteiger partial charge in [-0.05, 0) is 31.4 Å². The van der Waals surface area contributed by atoms with E-state index in [1.165, 1.54) is 64.2 Å². The van der Waals surface area contributed by atoms with Gasteiger partial charge in [0.05, 0.1) is 24.7 Å². The van der Waals surface area contributed by atoms with E-state index in [4.69, 9.17) is 5.11 Å². The number of aliphatic hydroxyl groups excluding tert-OH is 1. The van der Waals surface area contributed by atoms with Crippen molar-refractivity contribution in [3.05, 3.63) is 71.8 Å². The second-order valence-corrected chi connectivity index (χ2v) is 10.0. The molecule has 0 spiro atoms. The van der Waals surface area contributed by atoms with Gasteiger partial charge in [0, 0.05) is 6.42 Å². The fourth-order valence-corrected chi connectivity index (χ4v) is 4.21. The second-order valence-electron chi connectivity index (χ2n) is 10.0. The average molecular weight is 566 g/mol. The van der Waals surface area contributed by atoms with E-state index in [9.17, 15) is 15.0 Å². The summed E-state index contributed by atoms with van der Waals surface area (Å²) in [5.41, 5.74) is -1.23. The number of nitrogens with two attached hydrogens (primary N) is 1. The number of halogens is 1. The zero-order chi connectivity index (χ0) is 26.0. The molecule has 0 bridgehead atoms. The van der Waals surface area contributed by atoms with Crippen molar-refractivity contribution in [1.82, 2.24) is 0 Å². The van der Waals surface area contributed by atoms with Gasteiger partial charge in [0.25, 0.3) is 0 Å². The third-order valence-corrected chi connectivity index (χ3v) is 6.43.